The molecular formula is C22H27N3O2. The van der Waals surface area contributed by atoms with E-state index in [0.29, 0.717) is 11.9 Å². The van der Waals surface area contributed by atoms with Crippen molar-refractivity contribution >= 4 is 22.5 Å². The lowest BCUT2D eigenvalue weighted by molar-refractivity contribution is -0.149. The van der Waals surface area contributed by atoms with E-state index in [1.807, 2.05) is 6.20 Å². The highest BCUT2D eigenvalue weighted by Crippen LogP contribution is 2.43. The zero-order valence-electron chi connectivity index (χ0n) is 15.8. The van der Waals surface area contributed by atoms with Gasteiger partial charge in [-0.1, -0.05) is 24.3 Å². The van der Waals surface area contributed by atoms with Crippen LogP contribution in [-0.4, -0.2) is 54.7 Å². The smallest absolute Gasteiger partial charge is 0.230 e. The third kappa shape index (κ3) is 2.89. The Labute approximate surface area is 160 Å². The first kappa shape index (κ1) is 17.0. The molecule has 3 aliphatic rings. The molecule has 0 N–H and O–H groups in total. The zero-order valence-corrected chi connectivity index (χ0v) is 15.8. The standard InChI is InChI=1S/C22H27N3O2/c26-21-22(9-3-12-25(21)18-7-14-27-15-8-18)10-13-24(16-22)20-19-5-2-1-4-17(19)6-11-23-20/h1-2,4-6,11,18H,3,7-10,12-16H2/t22-/m0/s1. The van der Waals surface area contributed by atoms with Gasteiger partial charge < -0.3 is 14.5 Å². The summed E-state index contributed by atoms with van der Waals surface area (Å²) in [6.07, 6.45) is 6.91. The van der Waals surface area contributed by atoms with Crippen LogP contribution < -0.4 is 4.90 Å². The molecule has 0 unspecified atom stereocenters. The van der Waals surface area contributed by atoms with Crippen LogP contribution in [0.25, 0.3) is 10.8 Å². The van der Waals surface area contributed by atoms with Gasteiger partial charge in [-0.3, -0.25) is 4.79 Å². The van der Waals surface area contributed by atoms with Gasteiger partial charge in [0.25, 0.3) is 0 Å². The lowest BCUT2D eigenvalue weighted by Gasteiger charge is -2.44. The van der Waals surface area contributed by atoms with E-state index in [-0.39, 0.29) is 5.41 Å². The molecule has 27 heavy (non-hydrogen) atoms. The number of hydrogen-bond acceptors (Lipinski definition) is 4. The number of rotatable bonds is 2. The summed E-state index contributed by atoms with van der Waals surface area (Å²) in [4.78, 5) is 22.7. The van der Waals surface area contributed by atoms with Crippen molar-refractivity contribution in [2.24, 2.45) is 5.41 Å². The molecule has 2 aromatic rings. The summed E-state index contributed by atoms with van der Waals surface area (Å²) < 4.78 is 5.50. The van der Waals surface area contributed by atoms with Crippen molar-refractivity contribution < 1.29 is 9.53 Å². The Morgan fingerprint density at radius 2 is 1.93 bits per heavy atom. The number of likely N-dealkylation sites (tertiary alicyclic amines) is 1. The first-order valence-corrected chi connectivity index (χ1v) is 10.2. The summed E-state index contributed by atoms with van der Waals surface area (Å²) >= 11 is 0. The molecule has 0 aliphatic carbocycles. The molecule has 4 heterocycles. The maximum atomic E-state index is 13.5. The minimum absolute atomic E-state index is 0.227. The summed E-state index contributed by atoms with van der Waals surface area (Å²) in [5.74, 6) is 1.41. The summed E-state index contributed by atoms with van der Waals surface area (Å²) in [6, 6.07) is 10.8. The van der Waals surface area contributed by atoms with Gasteiger partial charge in [0.2, 0.25) is 5.91 Å². The van der Waals surface area contributed by atoms with E-state index in [1.165, 1.54) is 10.8 Å². The van der Waals surface area contributed by atoms with E-state index >= 15 is 0 Å². The molecule has 1 aromatic heterocycles. The highest BCUT2D eigenvalue weighted by molar-refractivity contribution is 5.93. The minimum Gasteiger partial charge on any atom is -0.381 e. The molecular weight excluding hydrogens is 338 g/mol. The first-order chi connectivity index (χ1) is 13.3. The number of nitrogens with zero attached hydrogens (tertiary/aromatic N) is 3. The Balaban J connectivity index is 1.41. The van der Waals surface area contributed by atoms with Gasteiger partial charge in [-0.25, -0.2) is 4.98 Å². The lowest BCUT2D eigenvalue weighted by atomic mass is 9.77. The van der Waals surface area contributed by atoms with Gasteiger partial charge in [0.1, 0.15) is 5.82 Å². The minimum atomic E-state index is -0.227. The van der Waals surface area contributed by atoms with Gasteiger partial charge in [0, 0.05) is 50.5 Å². The van der Waals surface area contributed by atoms with Crippen molar-refractivity contribution in [2.75, 3.05) is 37.7 Å². The number of hydrogen-bond donors (Lipinski definition) is 0. The van der Waals surface area contributed by atoms with Crippen molar-refractivity contribution in [3.63, 3.8) is 0 Å². The quantitative estimate of drug-likeness (QED) is 0.820. The third-order valence-electron chi connectivity index (χ3n) is 6.71. The molecule has 3 fully saturated rings. The number of piperidine rings is 1. The number of ether oxygens (including phenoxy) is 1. The summed E-state index contributed by atoms with van der Waals surface area (Å²) in [7, 11) is 0. The summed E-state index contributed by atoms with van der Waals surface area (Å²) in [5, 5.41) is 2.39. The van der Waals surface area contributed by atoms with Gasteiger partial charge in [-0.05, 0) is 43.6 Å². The number of carbonyl (C=O) groups excluding carboxylic acids is 1. The van der Waals surface area contributed by atoms with Gasteiger partial charge in [-0.2, -0.15) is 0 Å². The third-order valence-corrected chi connectivity index (χ3v) is 6.71. The monoisotopic (exact) mass is 365 g/mol. The van der Waals surface area contributed by atoms with E-state index in [0.717, 1.165) is 70.8 Å². The number of amides is 1. The van der Waals surface area contributed by atoms with Gasteiger partial charge in [-0.15, -0.1) is 0 Å². The fourth-order valence-corrected chi connectivity index (χ4v) is 5.23. The molecule has 1 amide bonds. The largest absolute Gasteiger partial charge is 0.381 e. The van der Waals surface area contributed by atoms with Crippen LogP contribution >= 0.6 is 0 Å². The number of aromatic nitrogens is 1. The second-order valence-corrected chi connectivity index (χ2v) is 8.25. The van der Waals surface area contributed by atoms with Crippen LogP contribution in [0.5, 0.6) is 0 Å². The van der Waals surface area contributed by atoms with Crippen LogP contribution in [0.3, 0.4) is 0 Å². The van der Waals surface area contributed by atoms with Crippen LogP contribution in [0.2, 0.25) is 0 Å². The molecule has 1 spiro atoms. The average Bonchev–Trinajstić information content (AvgIpc) is 3.15. The molecule has 5 rings (SSSR count). The average molecular weight is 365 g/mol. The van der Waals surface area contributed by atoms with E-state index in [2.05, 4.69) is 45.1 Å². The Bertz CT molecular complexity index is 843. The van der Waals surface area contributed by atoms with Gasteiger partial charge in [0.05, 0.1) is 5.41 Å². The Morgan fingerprint density at radius 1 is 1.07 bits per heavy atom. The second kappa shape index (κ2) is 6.79. The van der Waals surface area contributed by atoms with E-state index in [1.54, 1.807) is 0 Å². The Hall–Kier alpha value is -2.14. The van der Waals surface area contributed by atoms with Gasteiger partial charge in [0.15, 0.2) is 0 Å². The molecule has 5 heteroatoms. The maximum absolute atomic E-state index is 13.5. The van der Waals surface area contributed by atoms with Crippen molar-refractivity contribution in [2.45, 2.75) is 38.1 Å². The Morgan fingerprint density at radius 3 is 2.81 bits per heavy atom. The summed E-state index contributed by atoms with van der Waals surface area (Å²) in [6.45, 7) is 4.19. The molecule has 3 saturated heterocycles. The van der Waals surface area contributed by atoms with Crippen LogP contribution in [-0.2, 0) is 9.53 Å². The van der Waals surface area contributed by atoms with E-state index < -0.39 is 0 Å². The predicted molar refractivity (Wildman–Crippen MR) is 106 cm³/mol. The predicted octanol–water partition coefficient (Wildman–Crippen LogP) is 3.23. The number of anilines is 1. The number of carbonyl (C=O) groups is 1. The Kier molecular flexibility index (Phi) is 4.27. The van der Waals surface area contributed by atoms with Crippen molar-refractivity contribution in [3.05, 3.63) is 36.5 Å². The van der Waals surface area contributed by atoms with Gasteiger partial charge >= 0.3 is 0 Å². The molecule has 0 saturated carbocycles. The van der Waals surface area contributed by atoms with Crippen molar-refractivity contribution in [1.82, 2.24) is 9.88 Å². The maximum Gasteiger partial charge on any atom is 0.230 e. The van der Waals surface area contributed by atoms with Crippen LogP contribution in [0.15, 0.2) is 36.5 Å². The van der Waals surface area contributed by atoms with Crippen molar-refractivity contribution in [1.29, 1.82) is 0 Å². The molecule has 3 aliphatic heterocycles. The number of pyridine rings is 1. The van der Waals surface area contributed by atoms with Crippen molar-refractivity contribution in [3.8, 4) is 0 Å². The fourth-order valence-electron chi connectivity index (χ4n) is 5.23. The first-order valence-electron chi connectivity index (χ1n) is 10.2. The zero-order chi connectivity index (χ0) is 18.3. The van der Waals surface area contributed by atoms with Crippen LogP contribution in [0.4, 0.5) is 5.82 Å². The molecule has 1 aromatic carbocycles. The highest BCUT2D eigenvalue weighted by Gasteiger charge is 2.50. The fraction of sp³-hybridized carbons (Fsp3) is 0.545. The van der Waals surface area contributed by atoms with E-state index in [9.17, 15) is 4.79 Å². The molecule has 142 valence electrons. The molecule has 5 nitrogen and oxygen atoms in total. The van der Waals surface area contributed by atoms with Crippen LogP contribution in [0, 0.1) is 5.41 Å². The highest BCUT2D eigenvalue weighted by atomic mass is 16.5. The molecule has 0 bridgehead atoms. The molecule has 1 atom stereocenters. The topological polar surface area (TPSA) is 45.7 Å². The summed E-state index contributed by atoms with van der Waals surface area (Å²) in [5.41, 5.74) is -0.227. The van der Waals surface area contributed by atoms with Crippen LogP contribution in [0.1, 0.15) is 32.1 Å². The molecule has 0 radical (unpaired) electrons. The SMILES string of the molecule is O=C1N(C2CCOCC2)CCC[C@@]12CCN(c1nccc3ccccc13)C2. The lowest BCUT2D eigenvalue weighted by Crippen LogP contribution is -2.54. The van der Waals surface area contributed by atoms with E-state index in [4.69, 9.17) is 4.74 Å². The number of fused-ring (bicyclic) bond motifs is 1. The normalized spacial score (nSPS) is 27.0. The number of benzene rings is 1. The second-order valence-electron chi connectivity index (χ2n) is 8.25.